The fourth-order valence-electron chi connectivity index (χ4n) is 3.29. The van der Waals surface area contributed by atoms with Crippen LogP contribution in [0.15, 0.2) is 0 Å². The number of carbonyl (C=O) groups is 1. The molecule has 0 aromatic carbocycles. The molecule has 0 saturated carbocycles. The van der Waals surface area contributed by atoms with Gasteiger partial charge >= 0.3 is 0 Å². The van der Waals surface area contributed by atoms with Crippen LogP contribution in [0.2, 0.25) is 0 Å². The highest BCUT2D eigenvalue weighted by molar-refractivity contribution is 5.85. The van der Waals surface area contributed by atoms with Gasteiger partial charge in [-0.2, -0.15) is 0 Å². The van der Waals surface area contributed by atoms with E-state index in [4.69, 9.17) is 5.73 Å². The van der Waals surface area contributed by atoms with Crippen molar-refractivity contribution in [3.8, 4) is 0 Å². The van der Waals surface area contributed by atoms with E-state index in [9.17, 15) is 4.79 Å². The molecule has 0 radical (unpaired) electrons. The Morgan fingerprint density at radius 3 is 2.26 bits per heavy atom. The molecule has 1 aliphatic heterocycles. The number of piperidine rings is 1. The molecule has 0 aliphatic carbocycles. The second kappa shape index (κ2) is 10.8. The zero-order valence-corrected chi connectivity index (χ0v) is 17.1. The summed E-state index contributed by atoms with van der Waals surface area (Å²) in [6.07, 6.45) is 4.18. The number of nitrogens with one attached hydrogen (secondary N) is 1. The fourth-order valence-corrected chi connectivity index (χ4v) is 3.29. The summed E-state index contributed by atoms with van der Waals surface area (Å²) in [4.78, 5) is 15.1. The molecule has 1 amide bonds. The molecule has 23 heavy (non-hydrogen) atoms. The first-order valence-corrected chi connectivity index (χ1v) is 8.54. The molecule has 3 N–H and O–H groups in total. The molecule has 1 rings (SSSR count). The lowest BCUT2D eigenvalue weighted by Gasteiger charge is -2.43. The maximum absolute atomic E-state index is 12.5. The number of likely N-dealkylation sites (tertiary alicyclic amines) is 1. The number of hydrogen-bond acceptors (Lipinski definition) is 3. The van der Waals surface area contributed by atoms with E-state index in [0.29, 0.717) is 13.1 Å². The molecule has 1 atom stereocenters. The molecule has 0 spiro atoms. The summed E-state index contributed by atoms with van der Waals surface area (Å²) < 4.78 is 0. The van der Waals surface area contributed by atoms with Crippen molar-refractivity contribution in [3.63, 3.8) is 0 Å². The van der Waals surface area contributed by atoms with Gasteiger partial charge in [0.05, 0.1) is 5.41 Å². The first kappa shape index (κ1) is 25.2. The first-order chi connectivity index (χ1) is 9.81. The lowest BCUT2D eigenvalue weighted by Crippen LogP contribution is -2.56. The Balaban J connectivity index is 0. The van der Waals surface area contributed by atoms with Crippen molar-refractivity contribution in [2.75, 3.05) is 26.2 Å². The molecular weight excluding hydrogens is 333 g/mol. The van der Waals surface area contributed by atoms with Crippen LogP contribution >= 0.6 is 24.8 Å². The second-order valence-electron chi connectivity index (χ2n) is 7.38. The van der Waals surface area contributed by atoms with Crippen LogP contribution in [0.3, 0.4) is 0 Å². The van der Waals surface area contributed by atoms with Gasteiger partial charge in [0.15, 0.2) is 0 Å². The summed E-state index contributed by atoms with van der Waals surface area (Å²) in [5, 5.41) is 3.17. The van der Waals surface area contributed by atoms with Crippen molar-refractivity contribution >= 4 is 30.7 Å². The van der Waals surface area contributed by atoms with Crippen LogP contribution in [0.1, 0.15) is 60.3 Å². The van der Waals surface area contributed by atoms with E-state index in [1.54, 1.807) is 0 Å². The van der Waals surface area contributed by atoms with E-state index < -0.39 is 5.41 Å². The summed E-state index contributed by atoms with van der Waals surface area (Å²) in [5.74, 6) is 0.872. The van der Waals surface area contributed by atoms with Gasteiger partial charge < -0.3 is 11.1 Å². The number of nitrogens with zero attached hydrogens (tertiary/aromatic N) is 1. The molecule has 0 aromatic heterocycles. The number of rotatable bonds is 7. The van der Waals surface area contributed by atoms with Crippen LogP contribution in [0.4, 0.5) is 0 Å². The third-order valence-corrected chi connectivity index (χ3v) is 5.42. The van der Waals surface area contributed by atoms with Gasteiger partial charge in [0.1, 0.15) is 0 Å². The van der Waals surface area contributed by atoms with Crippen molar-refractivity contribution in [2.45, 2.75) is 65.8 Å². The van der Waals surface area contributed by atoms with Crippen LogP contribution in [0.25, 0.3) is 0 Å². The van der Waals surface area contributed by atoms with Gasteiger partial charge in [0, 0.05) is 25.2 Å². The molecular formula is C17H37Cl2N3O. The quantitative estimate of drug-likeness (QED) is 0.723. The number of amides is 1. The molecule has 1 unspecified atom stereocenters. The van der Waals surface area contributed by atoms with E-state index in [-0.39, 0.29) is 36.3 Å². The van der Waals surface area contributed by atoms with E-state index >= 15 is 0 Å². The van der Waals surface area contributed by atoms with Crippen molar-refractivity contribution < 1.29 is 4.79 Å². The van der Waals surface area contributed by atoms with Gasteiger partial charge in [-0.25, -0.2) is 0 Å². The summed E-state index contributed by atoms with van der Waals surface area (Å²) in [6, 6.07) is 0. The van der Waals surface area contributed by atoms with Crippen LogP contribution in [-0.4, -0.2) is 42.5 Å². The standard InChI is InChI=1S/C17H35N3O.2ClH/c1-6-17(7-2,12-18)15(21)19-13-16(4,5)20-10-8-9-14(3)11-20;;/h14H,6-13,18H2,1-5H3,(H,19,21);2*1H. The Kier molecular flexibility index (Phi) is 11.8. The molecule has 0 aromatic rings. The average molecular weight is 370 g/mol. The Morgan fingerprint density at radius 2 is 1.83 bits per heavy atom. The Bertz CT molecular complexity index is 338. The lowest BCUT2D eigenvalue weighted by atomic mass is 9.81. The highest BCUT2D eigenvalue weighted by Gasteiger charge is 2.36. The highest BCUT2D eigenvalue weighted by Crippen LogP contribution is 2.26. The molecule has 4 nitrogen and oxygen atoms in total. The molecule has 0 bridgehead atoms. The minimum absolute atomic E-state index is 0. The summed E-state index contributed by atoms with van der Waals surface area (Å²) >= 11 is 0. The predicted octanol–water partition coefficient (Wildman–Crippen LogP) is 3.22. The smallest absolute Gasteiger partial charge is 0.227 e. The van der Waals surface area contributed by atoms with Crippen molar-refractivity contribution in [3.05, 3.63) is 0 Å². The SMILES string of the molecule is CCC(CC)(CN)C(=O)NCC(C)(C)N1CCCC(C)C1.Cl.Cl. The minimum atomic E-state index is -0.398. The summed E-state index contributed by atoms with van der Waals surface area (Å²) in [7, 11) is 0. The minimum Gasteiger partial charge on any atom is -0.354 e. The normalized spacial score (nSPS) is 19.5. The molecule has 140 valence electrons. The number of hydrogen-bond donors (Lipinski definition) is 2. The second-order valence-corrected chi connectivity index (χ2v) is 7.38. The van der Waals surface area contributed by atoms with Gasteiger partial charge in [-0.15, -0.1) is 24.8 Å². The van der Waals surface area contributed by atoms with Crippen molar-refractivity contribution in [1.29, 1.82) is 0 Å². The Labute approximate surface area is 155 Å². The van der Waals surface area contributed by atoms with Crippen LogP contribution < -0.4 is 11.1 Å². The molecule has 1 heterocycles. The lowest BCUT2D eigenvalue weighted by molar-refractivity contribution is -0.131. The van der Waals surface area contributed by atoms with Crippen molar-refractivity contribution in [2.24, 2.45) is 17.1 Å². The number of nitrogens with two attached hydrogens (primary N) is 1. The third-order valence-electron chi connectivity index (χ3n) is 5.42. The van der Waals surface area contributed by atoms with Crippen molar-refractivity contribution in [1.82, 2.24) is 10.2 Å². The van der Waals surface area contributed by atoms with Gasteiger partial charge in [0.25, 0.3) is 0 Å². The molecule has 6 heteroatoms. The first-order valence-electron chi connectivity index (χ1n) is 8.54. The Hall–Kier alpha value is -0.0300. The zero-order chi connectivity index (χ0) is 16.1. The van der Waals surface area contributed by atoms with E-state index in [1.165, 1.54) is 12.8 Å². The maximum atomic E-state index is 12.5. The Morgan fingerprint density at radius 1 is 1.26 bits per heavy atom. The average Bonchev–Trinajstić information content (AvgIpc) is 2.47. The summed E-state index contributed by atoms with van der Waals surface area (Å²) in [6.45, 7) is 14.3. The maximum Gasteiger partial charge on any atom is 0.227 e. The summed E-state index contributed by atoms with van der Waals surface area (Å²) in [5.41, 5.74) is 5.47. The van der Waals surface area contributed by atoms with Gasteiger partial charge in [-0.1, -0.05) is 20.8 Å². The van der Waals surface area contributed by atoms with E-state index in [2.05, 4.69) is 31.0 Å². The van der Waals surface area contributed by atoms with E-state index in [0.717, 1.165) is 31.8 Å². The fraction of sp³-hybridized carbons (Fsp3) is 0.941. The number of carbonyl (C=O) groups excluding carboxylic acids is 1. The highest BCUT2D eigenvalue weighted by atomic mass is 35.5. The molecule has 1 aliphatic rings. The van der Waals surface area contributed by atoms with Gasteiger partial charge in [-0.05, 0) is 52.0 Å². The number of halogens is 2. The van der Waals surface area contributed by atoms with Crippen LogP contribution in [-0.2, 0) is 4.79 Å². The third kappa shape index (κ3) is 6.41. The zero-order valence-electron chi connectivity index (χ0n) is 15.5. The molecule has 1 fully saturated rings. The van der Waals surface area contributed by atoms with Gasteiger partial charge in [0.2, 0.25) is 5.91 Å². The van der Waals surface area contributed by atoms with Crippen LogP contribution in [0.5, 0.6) is 0 Å². The monoisotopic (exact) mass is 369 g/mol. The largest absolute Gasteiger partial charge is 0.354 e. The van der Waals surface area contributed by atoms with E-state index in [1.807, 2.05) is 13.8 Å². The predicted molar refractivity (Wildman–Crippen MR) is 104 cm³/mol. The van der Waals surface area contributed by atoms with Gasteiger partial charge in [-0.3, -0.25) is 9.69 Å². The van der Waals surface area contributed by atoms with Crippen LogP contribution in [0, 0.1) is 11.3 Å². The topological polar surface area (TPSA) is 58.4 Å². The molecule has 1 saturated heterocycles.